The third-order valence-electron chi connectivity index (χ3n) is 11.0. The Bertz CT molecular complexity index is 1410. The fourth-order valence-corrected chi connectivity index (χ4v) is 8.20. The van der Waals surface area contributed by atoms with Gasteiger partial charge in [-0.25, -0.2) is 4.79 Å². The third-order valence-corrected chi connectivity index (χ3v) is 11.0. The fraction of sp³-hybridized carbons (Fsp3) is 0.667. The van der Waals surface area contributed by atoms with Crippen molar-refractivity contribution >= 4 is 11.9 Å². The highest BCUT2D eigenvalue weighted by Crippen LogP contribution is 2.37. The molecule has 2 heterocycles. The van der Waals surface area contributed by atoms with Gasteiger partial charge in [0.2, 0.25) is 5.91 Å². The molecular weight excluding hydrogens is 660 g/mol. The SMILES string of the molecule is COc1ccc(CCC(OC(=O)C2CCCCN2C(=O)C(C(O)CC(C)C)C2CCCCC2)c2cccc(OCCN3CCOCC3)c2)cc1OC. The Morgan fingerprint density at radius 1 is 0.904 bits per heavy atom. The fourth-order valence-electron chi connectivity index (χ4n) is 8.20. The molecule has 4 unspecified atom stereocenters. The van der Waals surface area contributed by atoms with E-state index in [1.54, 1.807) is 19.1 Å². The Hall–Kier alpha value is -3.34. The Morgan fingerprint density at radius 3 is 2.38 bits per heavy atom. The number of piperidine rings is 1. The van der Waals surface area contributed by atoms with Crippen LogP contribution in [0.5, 0.6) is 17.2 Å². The normalized spacial score (nSPS) is 20.6. The van der Waals surface area contributed by atoms with Gasteiger partial charge in [0, 0.05) is 26.2 Å². The van der Waals surface area contributed by atoms with Crippen molar-refractivity contribution < 1.29 is 38.4 Å². The lowest BCUT2D eigenvalue weighted by atomic mass is 9.75. The van der Waals surface area contributed by atoms with Crippen molar-refractivity contribution in [1.29, 1.82) is 0 Å². The second-order valence-corrected chi connectivity index (χ2v) is 15.2. The smallest absolute Gasteiger partial charge is 0.329 e. The van der Waals surface area contributed by atoms with Gasteiger partial charge in [-0.05, 0) is 98.6 Å². The van der Waals surface area contributed by atoms with Crippen molar-refractivity contribution in [2.45, 2.75) is 103 Å². The van der Waals surface area contributed by atoms with E-state index in [9.17, 15) is 14.7 Å². The number of ether oxygens (including phenoxy) is 5. The molecule has 0 aromatic heterocycles. The van der Waals surface area contributed by atoms with Gasteiger partial charge in [0.15, 0.2) is 11.5 Å². The topological polar surface area (TPSA) is 107 Å². The lowest BCUT2D eigenvalue weighted by molar-refractivity contribution is -0.165. The molecule has 1 aliphatic carbocycles. The number of likely N-dealkylation sites (tertiary alicyclic amines) is 1. The van der Waals surface area contributed by atoms with Crippen molar-refractivity contribution in [3.05, 3.63) is 53.6 Å². The first-order valence-electron chi connectivity index (χ1n) is 19.7. The number of rotatable bonds is 17. The van der Waals surface area contributed by atoms with Gasteiger partial charge in [-0.2, -0.15) is 0 Å². The van der Waals surface area contributed by atoms with Gasteiger partial charge in [-0.3, -0.25) is 9.69 Å². The number of hydrogen-bond acceptors (Lipinski definition) is 9. The Labute approximate surface area is 311 Å². The quantitative estimate of drug-likeness (QED) is 0.181. The predicted molar refractivity (Wildman–Crippen MR) is 201 cm³/mol. The zero-order chi connectivity index (χ0) is 36.9. The zero-order valence-electron chi connectivity index (χ0n) is 31.9. The van der Waals surface area contributed by atoms with Crippen molar-refractivity contribution in [1.82, 2.24) is 9.80 Å². The molecule has 10 nitrogen and oxygen atoms in total. The molecule has 1 N–H and O–H groups in total. The summed E-state index contributed by atoms with van der Waals surface area (Å²) < 4.78 is 29.1. The van der Waals surface area contributed by atoms with Crippen molar-refractivity contribution in [3.8, 4) is 17.2 Å². The lowest BCUT2D eigenvalue weighted by Crippen LogP contribution is -2.54. The molecular formula is C42H62N2O8. The van der Waals surface area contributed by atoms with Crippen LogP contribution in [-0.2, 0) is 25.5 Å². The van der Waals surface area contributed by atoms with Gasteiger partial charge >= 0.3 is 5.97 Å². The van der Waals surface area contributed by atoms with E-state index in [0.717, 1.165) is 88.2 Å². The van der Waals surface area contributed by atoms with Crippen LogP contribution >= 0.6 is 0 Å². The first kappa shape index (κ1) is 39.9. The number of benzene rings is 2. The number of morpholine rings is 1. The largest absolute Gasteiger partial charge is 0.493 e. The molecule has 2 aliphatic heterocycles. The van der Waals surface area contributed by atoms with Crippen molar-refractivity contribution in [2.24, 2.45) is 17.8 Å². The van der Waals surface area contributed by atoms with Gasteiger partial charge in [-0.15, -0.1) is 0 Å². The summed E-state index contributed by atoms with van der Waals surface area (Å²) in [5.41, 5.74) is 1.87. The van der Waals surface area contributed by atoms with E-state index < -0.39 is 24.2 Å². The number of aliphatic hydroxyl groups excluding tert-OH is 1. The van der Waals surface area contributed by atoms with E-state index in [0.29, 0.717) is 50.3 Å². The Kier molecular flexibility index (Phi) is 15.5. The molecule has 0 radical (unpaired) electrons. The van der Waals surface area contributed by atoms with Crippen LogP contribution in [0.15, 0.2) is 42.5 Å². The van der Waals surface area contributed by atoms with E-state index in [1.165, 1.54) is 6.42 Å². The minimum Gasteiger partial charge on any atom is -0.493 e. The molecule has 2 aromatic rings. The molecule has 1 saturated carbocycles. The molecule has 2 aromatic carbocycles. The molecule has 3 fully saturated rings. The van der Waals surface area contributed by atoms with Crippen molar-refractivity contribution in [2.75, 3.05) is 60.2 Å². The summed E-state index contributed by atoms with van der Waals surface area (Å²) in [5, 5.41) is 11.5. The Morgan fingerprint density at radius 2 is 1.65 bits per heavy atom. The van der Waals surface area contributed by atoms with Gasteiger partial charge in [0.25, 0.3) is 0 Å². The molecule has 2 saturated heterocycles. The first-order valence-corrected chi connectivity index (χ1v) is 19.7. The number of carbonyl (C=O) groups is 2. The number of carbonyl (C=O) groups excluding carboxylic acids is 2. The average Bonchev–Trinajstić information content (AvgIpc) is 3.17. The molecule has 1 amide bonds. The maximum atomic E-state index is 14.5. The second kappa shape index (κ2) is 20.2. The summed E-state index contributed by atoms with van der Waals surface area (Å²) in [5.74, 6) is 1.46. The number of amides is 1. The summed E-state index contributed by atoms with van der Waals surface area (Å²) in [6, 6.07) is 13.0. The van der Waals surface area contributed by atoms with Crippen LogP contribution < -0.4 is 14.2 Å². The molecule has 0 spiro atoms. The molecule has 5 rings (SSSR count). The summed E-state index contributed by atoms with van der Waals surface area (Å²) >= 11 is 0. The summed E-state index contributed by atoms with van der Waals surface area (Å²) in [4.78, 5) is 32.9. The van der Waals surface area contributed by atoms with Crippen LogP contribution in [0.25, 0.3) is 0 Å². The summed E-state index contributed by atoms with van der Waals surface area (Å²) in [6.07, 6.45) is 7.85. The van der Waals surface area contributed by atoms with Crippen LogP contribution in [0, 0.1) is 17.8 Å². The summed E-state index contributed by atoms with van der Waals surface area (Å²) in [7, 11) is 3.24. The van der Waals surface area contributed by atoms with Crippen LogP contribution in [0.3, 0.4) is 0 Å². The maximum Gasteiger partial charge on any atom is 0.329 e. The highest BCUT2D eigenvalue weighted by Gasteiger charge is 2.43. The first-order chi connectivity index (χ1) is 25.3. The number of methoxy groups -OCH3 is 2. The van der Waals surface area contributed by atoms with Gasteiger partial charge in [0.1, 0.15) is 24.5 Å². The number of esters is 1. The van der Waals surface area contributed by atoms with E-state index in [1.807, 2.05) is 42.5 Å². The van der Waals surface area contributed by atoms with E-state index in [-0.39, 0.29) is 23.7 Å². The molecule has 4 atom stereocenters. The van der Waals surface area contributed by atoms with E-state index in [4.69, 9.17) is 23.7 Å². The van der Waals surface area contributed by atoms with Crippen LogP contribution in [-0.4, -0.2) is 99.1 Å². The van der Waals surface area contributed by atoms with Gasteiger partial charge in [-0.1, -0.05) is 51.3 Å². The average molecular weight is 723 g/mol. The van der Waals surface area contributed by atoms with Gasteiger partial charge < -0.3 is 33.7 Å². The maximum absolute atomic E-state index is 14.5. The van der Waals surface area contributed by atoms with Crippen LogP contribution in [0.1, 0.15) is 95.3 Å². The van der Waals surface area contributed by atoms with Crippen LogP contribution in [0.4, 0.5) is 0 Å². The molecule has 288 valence electrons. The number of aryl methyl sites for hydroxylation is 1. The van der Waals surface area contributed by atoms with Crippen LogP contribution in [0.2, 0.25) is 0 Å². The molecule has 10 heteroatoms. The van der Waals surface area contributed by atoms with Crippen molar-refractivity contribution in [3.63, 3.8) is 0 Å². The third kappa shape index (κ3) is 11.1. The summed E-state index contributed by atoms with van der Waals surface area (Å²) in [6.45, 7) is 9.30. The van der Waals surface area contributed by atoms with E-state index >= 15 is 0 Å². The predicted octanol–water partition coefficient (Wildman–Crippen LogP) is 6.62. The minimum absolute atomic E-state index is 0.0840. The standard InChI is InChI=1S/C42H62N2O8/c1-30(2)27-36(45)40(32-11-6-5-7-12-32)41(46)44-20-9-8-15-35(44)42(47)52-37(18-16-31-17-19-38(48-3)39(28-31)49-4)33-13-10-14-34(29-33)51-26-23-43-21-24-50-25-22-43/h10,13-14,17,19,28-30,32,35-37,40,45H,5-9,11-12,15-16,18,20-27H2,1-4H3. The number of nitrogens with zero attached hydrogens (tertiary/aromatic N) is 2. The zero-order valence-corrected chi connectivity index (χ0v) is 31.9. The minimum atomic E-state index is -0.727. The lowest BCUT2D eigenvalue weighted by Gasteiger charge is -2.41. The number of aliphatic hydroxyl groups is 1. The molecule has 52 heavy (non-hydrogen) atoms. The second-order valence-electron chi connectivity index (χ2n) is 15.2. The molecule has 0 bridgehead atoms. The monoisotopic (exact) mass is 722 g/mol. The highest BCUT2D eigenvalue weighted by molar-refractivity contribution is 5.86. The highest BCUT2D eigenvalue weighted by atomic mass is 16.5. The number of hydrogen-bond donors (Lipinski definition) is 1. The van der Waals surface area contributed by atoms with Gasteiger partial charge in [0.05, 0.1) is 39.5 Å². The van der Waals surface area contributed by atoms with E-state index in [2.05, 4.69) is 18.7 Å². The Balaban J connectivity index is 1.35. The molecule has 3 aliphatic rings.